The normalized spacial score (nSPS) is 14.3. The summed E-state index contributed by atoms with van der Waals surface area (Å²) in [5, 5.41) is 3.35. The number of carbonyl (C=O) groups is 1. The van der Waals surface area contributed by atoms with Gasteiger partial charge in [0.05, 0.1) is 7.11 Å². The predicted octanol–water partition coefficient (Wildman–Crippen LogP) is 1.68. The Labute approximate surface area is 147 Å². The highest BCUT2D eigenvalue weighted by atomic mass is 16.5. The van der Waals surface area contributed by atoms with E-state index in [1.54, 1.807) is 12.0 Å². The summed E-state index contributed by atoms with van der Waals surface area (Å²) < 4.78 is 5.17. The Bertz CT molecular complexity index is 712. The second-order valence-electron chi connectivity index (χ2n) is 6.02. The average molecular weight is 341 g/mol. The Morgan fingerprint density at radius 2 is 1.88 bits per heavy atom. The second kappa shape index (κ2) is 7.83. The molecule has 1 aromatic heterocycles. The Kier molecular flexibility index (Phi) is 5.33. The van der Waals surface area contributed by atoms with Crippen molar-refractivity contribution in [1.82, 2.24) is 14.9 Å². The molecule has 0 atom stereocenters. The molecule has 7 nitrogen and oxygen atoms in total. The minimum Gasteiger partial charge on any atom is -0.497 e. The molecule has 1 amide bonds. The maximum atomic E-state index is 10.8. The van der Waals surface area contributed by atoms with Gasteiger partial charge in [0.2, 0.25) is 12.4 Å². The summed E-state index contributed by atoms with van der Waals surface area (Å²) in [6, 6.07) is 9.88. The highest BCUT2D eigenvalue weighted by Crippen LogP contribution is 2.17. The fourth-order valence-corrected chi connectivity index (χ4v) is 2.75. The maximum Gasteiger partial charge on any atom is 0.227 e. The number of hydrogen-bond donors (Lipinski definition) is 1. The number of aryl methyl sites for hydroxylation is 1. The van der Waals surface area contributed by atoms with Crippen molar-refractivity contribution in [1.29, 1.82) is 0 Å². The molecule has 1 aliphatic rings. The van der Waals surface area contributed by atoms with E-state index in [9.17, 15) is 4.79 Å². The molecule has 2 aromatic rings. The van der Waals surface area contributed by atoms with Crippen molar-refractivity contribution in [3.8, 4) is 5.75 Å². The Morgan fingerprint density at radius 3 is 2.52 bits per heavy atom. The number of piperazine rings is 1. The van der Waals surface area contributed by atoms with E-state index in [1.165, 1.54) is 0 Å². The number of benzene rings is 1. The number of carbonyl (C=O) groups excluding carboxylic acids is 1. The number of methoxy groups -OCH3 is 1. The fourth-order valence-electron chi connectivity index (χ4n) is 2.75. The van der Waals surface area contributed by atoms with Crippen molar-refractivity contribution < 1.29 is 9.53 Å². The summed E-state index contributed by atoms with van der Waals surface area (Å²) in [6.45, 7) is 5.55. The van der Waals surface area contributed by atoms with Crippen LogP contribution in [0.25, 0.3) is 0 Å². The fraction of sp³-hybridized carbons (Fsp3) is 0.389. The smallest absolute Gasteiger partial charge is 0.227 e. The van der Waals surface area contributed by atoms with Crippen LogP contribution in [0.1, 0.15) is 11.3 Å². The first-order valence-electron chi connectivity index (χ1n) is 8.35. The molecule has 132 valence electrons. The van der Waals surface area contributed by atoms with Gasteiger partial charge < -0.3 is 19.9 Å². The van der Waals surface area contributed by atoms with Crippen molar-refractivity contribution in [3.05, 3.63) is 41.6 Å². The Hall–Kier alpha value is -2.83. The van der Waals surface area contributed by atoms with Crippen molar-refractivity contribution in [2.24, 2.45) is 0 Å². The predicted molar refractivity (Wildman–Crippen MR) is 96.9 cm³/mol. The number of aromatic nitrogens is 2. The van der Waals surface area contributed by atoms with Gasteiger partial charge >= 0.3 is 0 Å². The Morgan fingerprint density at radius 1 is 1.16 bits per heavy atom. The second-order valence-corrected chi connectivity index (χ2v) is 6.02. The van der Waals surface area contributed by atoms with Gasteiger partial charge in [0, 0.05) is 44.5 Å². The van der Waals surface area contributed by atoms with Crippen molar-refractivity contribution >= 4 is 18.2 Å². The van der Waals surface area contributed by atoms with E-state index >= 15 is 0 Å². The van der Waals surface area contributed by atoms with Crippen molar-refractivity contribution in [2.75, 3.05) is 43.5 Å². The highest BCUT2D eigenvalue weighted by molar-refractivity contribution is 5.49. The summed E-state index contributed by atoms with van der Waals surface area (Å²) in [7, 11) is 1.66. The third kappa shape index (κ3) is 4.37. The molecule has 1 saturated heterocycles. The van der Waals surface area contributed by atoms with Gasteiger partial charge in [0.1, 0.15) is 11.6 Å². The lowest BCUT2D eigenvalue weighted by Gasteiger charge is -2.32. The standard InChI is InChI=1S/C18H23N5O2/c1-14-11-17(19-12-15-3-5-16(25-2)6-4-15)21-18(20-14)23-9-7-22(13-24)8-10-23/h3-6,11,13H,7-10,12H2,1-2H3,(H,19,20,21). The molecule has 1 N–H and O–H groups in total. The van der Waals surface area contributed by atoms with Gasteiger partial charge in [-0.1, -0.05) is 12.1 Å². The summed E-state index contributed by atoms with van der Waals surface area (Å²) in [6.07, 6.45) is 0.899. The molecule has 1 aromatic carbocycles. The third-order valence-electron chi connectivity index (χ3n) is 4.22. The van der Waals surface area contributed by atoms with Crippen LogP contribution in [0.2, 0.25) is 0 Å². The third-order valence-corrected chi connectivity index (χ3v) is 4.22. The zero-order chi connectivity index (χ0) is 17.6. The lowest BCUT2D eigenvalue weighted by atomic mass is 10.2. The molecule has 3 rings (SSSR count). The molecule has 0 radical (unpaired) electrons. The van der Waals surface area contributed by atoms with E-state index in [1.807, 2.05) is 37.3 Å². The zero-order valence-corrected chi connectivity index (χ0v) is 14.6. The van der Waals surface area contributed by atoms with Gasteiger partial charge in [0.25, 0.3) is 0 Å². The van der Waals surface area contributed by atoms with E-state index in [0.29, 0.717) is 25.6 Å². The molecule has 2 heterocycles. The van der Waals surface area contributed by atoms with Crippen LogP contribution in [0.4, 0.5) is 11.8 Å². The Balaban J connectivity index is 1.65. The van der Waals surface area contributed by atoms with E-state index < -0.39 is 0 Å². The minimum absolute atomic E-state index is 0.679. The molecule has 1 aliphatic heterocycles. The molecule has 1 fully saturated rings. The van der Waals surface area contributed by atoms with E-state index in [4.69, 9.17) is 4.74 Å². The number of rotatable bonds is 6. The summed E-state index contributed by atoms with van der Waals surface area (Å²) >= 11 is 0. The van der Waals surface area contributed by atoms with Crippen LogP contribution in [0.3, 0.4) is 0 Å². The van der Waals surface area contributed by atoms with Crippen LogP contribution in [0, 0.1) is 6.92 Å². The topological polar surface area (TPSA) is 70.6 Å². The molecule has 25 heavy (non-hydrogen) atoms. The minimum atomic E-state index is 0.679. The highest BCUT2D eigenvalue weighted by Gasteiger charge is 2.18. The zero-order valence-electron chi connectivity index (χ0n) is 14.6. The number of amides is 1. The lowest BCUT2D eigenvalue weighted by Crippen LogP contribution is -2.46. The molecular formula is C18H23N5O2. The van der Waals surface area contributed by atoms with Crippen LogP contribution in [0.5, 0.6) is 5.75 Å². The monoisotopic (exact) mass is 341 g/mol. The summed E-state index contributed by atoms with van der Waals surface area (Å²) in [4.78, 5) is 23.9. The van der Waals surface area contributed by atoms with E-state index in [-0.39, 0.29) is 0 Å². The van der Waals surface area contributed by atoms with Gasteiger partial charge in [-0.25, -0.2) is 4.98 Å². The molecule has 0 aliphatic carbocycles. The first-order valence-corrected chi connectivity index (χ1v) is 8.35. The van der Waals surface area contributed by atoms with Gasteiger partial charge in [-0.15, -0.1) is 0 Å². The first-order chi connectivity index (χ1) is 12.2. The van der Waals surface area contributed by atoms with Crippen LogP contribution in [-0.4, -0.2) is 54.6 Å². The van der Waals surface area contributed by atoms with Crippen molar-refractivity contribution in [2.45, 2.75) is 13.5 Å². The SMILES string of the molecule is COc1ccc(CNc2cc(C)nc(N3CCN(C=O)CC3)n2)cc1. The van der Waals surface area contributed by atoms with Gasteiger partial charge in [-0.3, -0.25) is 4.79 Å². The molecule has 0 spiro atoms. The summed E-state index contributed by atoms with van der Waals surface area (Å²) in [5.41, 5.74) is 2.07. The van der Waals surface area contributed by atoms with Crippen LogP contribution in [-0.2, 0) is 11.3 Å². The van der Waals surface area contributed by atoms with Gasteiger partial charge in [0.15, 0.2) is 0 Å². The largest absolute Gasteiger partial charge is 0.497 e. The lowest BCUT2D eigenvalue weighted by molar-refractivity contribution is -0.118. The van der Waals surface area contributed by atoms with E-state index in [0.717, 1.165) is 42.3 Å². The van der Waals surface area contributed by atoms with Crippen molar-refractivity contribution in [3.63, 3.8) is 0 Å². The number of hydrogen-bond acceptors (Lipinski definition) is 6. The molecule has 0 bridgehead atoms. The molecular weight excluding hydrogens is 318 g/mol. The van der Waals surface area contributed by atoms with E-state index in [2.05, 4.69) is 20.2 Å². The van der Waals surface area contributed by atoms with Crippen LogP contribution >= 0.6 is 0 Å². The molecule has 0 saturated carbocycles. The molecule has 0 unspecified atom stereocenters. The quantitative estimate of drug-likeness (QED) is 0.806. The number of ether oxygens (including phenoxy) is 1. The van der Waals surface area contributed by atoms with Crippen LogP contribution < -0.4 is 15.0 Å². The summed E-state index contributed by atoms with van der Waals surface area (Å²) in [5.74, 6) is 2.36. The number of nitrogens with zero attached hydrogens (tertiary/aromatic N) is 4. The average Bonchev–Trinajstić information content (AvgIpc) is 2.66. The number of anilines is 2. The first kappa shape index (κ1) is 17.0. The van der Waals surface area contributed by atoms with Gasteiger partial charge in [-0.05, 0) is 24.6 Å². The maximum absolute atomic E-state index is 10.8. The molecule has 7 heteroatoms. The number of nitrogens with one attached hydrogen (secondary N) is 1. The van der Waals surface area contributed by atoms with Crippen LogP contribution in [0.15, 0.2) is 30.3 Å². The van der Waals surface area contributed by atoms with Gasteiger partial charge in [-0.2, -0.15) is 4.98 Å².